The highest BCUT2D eigenvalue weighted by atomic mass is 35.5. The van der Waals surface area contributed by atoms with Crippen LogP contribution in [0.2, 0.25) is 5.02 Å². The van der Waals surface area contributed by atoms with Crippen molar-refractivity contribution in [3.05, 3.63) is 34.9 Å². The zero-order valence-electron chi connectivity index (χ0n) is 21.4. The van der Waals surface area contributed by atoms with Crippen LogP contribution in [-0.4, -0.2) is 59.0 Å². The van der Waals surface area contributed by atoms with Gasteiger partial charge in [0.2, 0.25) is 5.91 Å². The fourth-order valence-corrected chi connectivity index (χ4v) is 5.42. The number of likely N-dealkylation sites (tertiary alicyclic amines) is 1. The second-order valence-corrected chi connectivity index (χ2v) is 11.3. The first-order chi connectivity index (χ1) is 16.5. The van der Waals surface area contributed by atoms with E-state index in [1.54, 1.807) is 19.1 Å². The van der Waals surface area contributed by atoms with Crippen LogP contribution < -0.4 is 10.6 Å². The fourth-order valence-electron chi connectivity index (χ4n) is 5.30. The summed E-state index contributed by atoms with van der Waals surface area (Å²) in [4.78, 5) is 40.4. The lowest BCUT2D eigenvalue weighted by atomic mass is 9.85. The molecule has 194 valence electrons. The van der Waals surface area contributed by atoms with E-state index >= 15 is 0 Å². The van der Waals surface area contributed by atoms with Gasteiger partial charge in [-0.1, -0.05) is 30.2 Å². The minimum atomic E-state index is -0.688. The molecule has 7 nitrogen and oxygen atoms in total. The molecule has 1 aromatic rings. The summed E-state index contributed by atoms with van der Waals surface area (Å²) in [5.74, 6) is 0.0484. The Morgan fingerprint density at radius 3 is 2.31 bits per heavy atom. The van der Waals surface area contributed by atoms with Crippen molar-refractivity contribution in [2.24, 2.45) is 0 Å². The normalized spacial score (nSPS) is 24.3. The Balaban J connectivity index is 1.74. The molecular weight excluding hydrogens is 466 g/mol. The minimum absolute atomic E-state index is 0.0118. The van der Waals surface area contributed by atoms with Crippen LogP contribution >= 0.6 is 11.6 Å². The standard InChI is InChI=1S/C27H40ClN3O4/c1-18(32)29-21-12-14-22(15-13-21)31-16-6-5-7-24(31)25(33)23(30-26(34)35-27(2,3)4)17-19-8-10-20(28)11-9-19/h8-11,21-24H,5-7,12-17H2,1-4H3,(H,29,32)(H,30,34)/t21?,22?,23-,24?/m0/s1. The van der Waals surface area contributed by atoms with Crippen molar-refractivity contribution in [3.63, 3.8) is 0 Å². The van der Waals surface area contributed by atoms with Gasteiger partial charge in [0.05, 0.1) is 12.1 Å². The van der Waals surface area contributed by atoms with Crippen molar-refractivity contribution in [2.45, 2.75) is 109 Å². The van der Waals surface area contributed by atoms with Crippen LogP contribution in [0.15, 0.2) is 24.3 Å². The molecule has 8 heteroatoms. The van der Waals surface area contributed by atoms with Gasteiger partial charge in [-0.3, -0.25) is 14.5 Å². The van der Waals surface area contributed by atoms with Gasteiger partial charge in [-0.25, -0.2) is 4.79 Å². The lowest BCUT2D eigenvalue weighted by Gasteiger charge is -2.44. The summed E-state index contributed by atoms with van der Waals surface area (Å²) in [5.41, 5.74) is 0.281. The minimum Gasteiger partial charge on any atom is -0.444 e. The van der Waals surface area contributed by atoms with Crippen LogP contribution in [0, 0.1) is 0 Å². The number of ether oxygens (including phenoxy) is 1. The molecule has 2 aliphatic rings. The molecule has 35 heavy (non-hydrogen) atoms. The average Bonchev–Trinajstić information content (AvgIpc) is 2.78. The number of alkyl carbamates (subject to hydrolysis) is 1. The summed E-state index contributed by atoms with van der Waals surface area (Å²) in [6, 6.07) is 6.98. The van der Waals surface area contributed by atoms with Crippen LogP contribution in [0.3, 0.4) is 0 Å². The molecule has 0 radical (unpaired) electrons. The molecule has 1 saturated heterocycles. The number of ketones is 1. The summed E-state index contributed by atoms with van der Waals surface area (Å²) in [6.45, 7) is 7.87. The van der Waals surface area contributed by atoms with Gasteiger partial charge < -0.3 is 15.4 Å². The van der Waals surface area contributed by atoms with Crippen molar-refractivity contribution >= 4 is 29.4 Å². The molecule has 0 aromatic heterocycles. The number of rotatable bonds is 7. The number of amides is 2. The van der Waals surface area contributed by atoms with Gasteiger partial charge in [0.1, 0.15) is 5.60 Å². The van der Waals surface area contributed by atoms with E-state index < -0.39 is 17.7 Å². The van der Waals surface area contributed by atoms with E-state index in [4.69, 9.17) is 16.3 Å². The SMILES string of the molecule is CC(=O)NC1CCC(N2CCCCC2C(=O)[C@H](Cc2ccc(Cl)cc2)NC(=O)OC(C)(C)C)CC1. The lowest BCUT2D eigenvalue weighted by Crippen LogP contribution is -2.57. The lowest BCUT2D eigenvalue weighted by molar-refractivity contribution is -0.129. The molecule has 2 atom stereocenters. The van der Waals surface area contributed by atoms with E-state index in [1.165, 1.54) is 0 Å². The molecule has 1 heterocycles. The highest BCUT2D eigenvalue weighted by Crippen LogP contribution is 2.30. The Kier molecular flexibility index (Phi) is 9.59. The van der Waals surface area contributed by atoms with E-state index in [-0.39, 0.29) is 23.8 Å². The average molecular weight is 506 g/mol. The van der Waals surface area contributed by atoms with E-state index in [0.29, 0.717) is 17.5 Å². The van der Waals surface area contributed by atoms with Gasteiger partial charge in [-0.05, 0) is 90.0 Å². The second-order valence-electron chi connectivity index (χ2n) is 10.9. The molecule has 2 fully saturated rings. The van der Waals surface area contributed by atoms with E-state index in [0.717, 1.165) is 57.1 Å². The van der Waals surface area contributed by atoms with Crippen LogP contribution in [0.4, 0.5) is 4.79 Å². The van der Waals surface area contributed by atoms with Crippen LogP contribution in [0.25, 0.3) is 0 Å². The number of hydrogen-bond acceptors (Lipinski definition) is 5. The van der Waals surface area contributed by atoms with Gasteiger partial charge in [0.25, 0.3) is 0 Å². The third-order valence-electron chi connectivity index (χ3n) is 6.83. The van der Waals surface area contributed by atoms with Gasteiger partial charge >= 0.3 is 6.09 Å². The molecule has 1 aromatic carbocycles. The molecule has 3 rings (SSSR count). The number of halogens is 1. The highest BCUT2D eigenvalue weighted by molar-refractivity contribution is 6.30. The molecule has 2 amide bonds. The largest absolute Gasteiger partial charge is 0.444 e. The maximum absolute atomic E-state index is 13.9. The predicted molar refractivity (Wildman–Crippen MR) is 138 cm³/mol. The van der Waals surface area contributed by atoms with Gasteiger partial charge in [0, 0.05) is 24.0 Å². The third-order valence-corrected chi connectivity index (χ3v) is 7.09. The summed E-state index contributed by atoms with van der Waals surface area (Å²) in [7, 11) is 0. The van der Waals surface area contributed by atoms with Crippen LogP contribution in [0.1, 0.15) is 78.2 Å². The first-order valence-corrected chi connectivity index (χ1v) is 13.2. The number of benzene rings is 1. The number of hydrogen-bond donors (Lipinski definition) is 2. The quantitative estimate of drug-likeness (QED) is 0.563. The monoisotopic (exact) mass is 505 g/mol. The van der Waals surface area contributed by atoms with Crippen molar-refractivity contribution in [1.82, 2.24) is 15.5 Å². The van der Waals surface area contributed by atoms with Gasteiger partial charge in [-0.15, -0.1) is 0 Å². The van der Waals surface area contributed by atoms with Crippen molar-refractivity contribution in [2.75, 3.05) is 6.54 Å². The number of Topliss-reactive ketones (excluding diaryl/α,β-unsaturated/α-hetero) is 1. The summed E-state index contributed by atoms with van der Waals surface area (Å²) in [6.07, 6.45) is 6.41. The molecule has 0 bridgehead atoms. The Bertz CT molecular complexity index is 875. The second kappa shape index (κ2) is 12.2. The first-order valence-electron chi connectivity index (χ1n) is 12.8. The molecule has 2 N–H and O–H groups in total. The zero-order valence-corrected chi connectivity index (χ0v) is 22.2. The van der Waals surface area contributed by atoms with Crippen LogP contribution in [-0.2, 0) is 20.7 Å². The molecular formula is C27H40ClN3O4. The fraction of sp³-hybridized carbons (Fsp3) is 0.667. The molecule has 0 spiro atoms. The number of piperidine rings is 1. The Morgan fingerprint density at radius 2 is 1.71 bits per heavy atom. The zero-order chi connectivity index (χ0) is 25.6. The van der Waals surface area contributed by atoms with Crippen LogP contribution in [0.5, 0.6) is 0 Å². The smallest absolute Gasteiger partial charge is 0.408 e. The molecule has 1 saturated carbocycles. The number of nitrogens with zero attached hydrogens (tertiary/aromatic N) is 1. The third kappa shape index (κ3) is 8.50. The molecule has 1 unspecified atom stereocenters. The van der Waals surface area contributed by atoms with Crippen molar-refractivity contribution in [3.8, 4) is 0 Å². The summed E-state index contributed by atoms with van der Waals surface area (Å²) >= 11 is 6.05. The number of nitrogens with one attached hydrogen (secondary N) is 2. The Morgan fingerprint density at radius 1 is 1.06 bits per heavy atom. The first kappa shape index (κ1) is 27.5. The highest BCUT2D eigenvalue weighted by Gasteiger charge is 2.39. The summed E-state index contributed by atoms with van der Waals surface area (Å²) < 4.78 is 5.48. The number of carbonyl (C=O) groups excluding carboxylic acids is 3. The van der Waals surface area contributed by atoms with Crippen molar-refractivity contribution < 1.29 is 19.1 Å². The topological polar surface area (TPSA) is 87.7 Å². The Labute approximate surface area is 214 Å². The number of carbonyl (C=O) groups is 3. The van der Waals surface area contributed by atoms with E-state index in [2.05, 4.69) is 15.5 Å². The maximum Gasteiger partial charge on any atom is 0.408 e. The Hall–Kier alpha value is -2.12. The van der Waals surface area contributed by atoms with E-state index in [1.807, 2.05) is 32.9 Å². The van der Waals surface area contributed by atoms with Crippen molar-refractivity contribution in [1.29, 1.82) is 0 Å². The maximum atomic E-state index is 13.9. The molecule has 1 aliphatic heterocycles. The van der Waals surface area contributed by atoms with Gasteiger partial charge in [0.15, 0.2) is 5.78 Å². The summed E-state index contributed by atoms with van der Waals surface area (Å²) in [5, 5.41) is 6.53. The van der Waals surface area contributed by atoms with Gasteiger partial charge in [-0.2, -0.15) is 0 Å². The molecule has 1 aliphatic carbocycles. The predicted octanol–water partition coefficient (Wildman–Crippen LogP) is 4.65. The van der Waals surface area contributed by atoms with E-state index in [9.17, 15) is 14.4 Å².